The summed E-state index contributed by atoms with van der Waals surface area (Å²) < 4.78 is 7.32. The summed E-state index contributed by atoms with van der Waals surface area (Å²) in [4.78, 5) is 31.0. The van der Waals surface area contributed by atoms with Gasteiger partial charge in [0.25, 0.3) is 5.91 Å². The van der Waals surface area contributed by atoms with E-state index in [1.54, 1.807) is 50.5 Å². The SMILES string of the molecule is CC(C)(C#N)c1ccnc(C(=O)Nc2ccc(Cl)c(-c3cc4cnc(=NC5COC5)nc-4n4c3NCC4)c2)c1. The predicted molar refractivity (Wildman–Crippen MR) is 147 cm³/mol. The van der Waals surface area contributed by atoms with E-state index >= 15 is 0 Å². The topological polar surface area (TPSA) is 130 Å². The summed E-state index contributed by atoms with van der Waals surface area (Å²) in [5.74, 6) is 1.30. The predicted octanol–water partition coefficient (Wildman–Crippen LogP) is 3.88. The minimum absolute atomic E-state index is 0.102. The van der Waals surface area contributed by atoms with Crippen molar-refractivity contribution in [3.63, 3.8) is 0 Å². The average Bonchev–Trinajstić information content (AvgIpc) is 3.42. The number of hydrogen-bond acceptors (Lipinski definition) is 8. The first-order chi connectivity index (χ1) is 18.8. The molecule has 1 fully saturated rings. The van der Waals surface area contributed by atoms with E-state index in [0.29, 0.717) is 29.5 Å². The molecule has 196 valence electrons. The molecule has 10 nitrogen and oxygen atoms in total. The van der Waals surface area contributed by atoms with Gasteiger partial charge >= 0.3 is 0 Å². The van der Waals surface area contributed by atoms with Gasteiger partial charge in [0, 0.05) is 52.9 Å². The van der Waals surface area contributed by atoms with Crippen LogP contribution in [0.5, 0.6) is 0 Å². The van der Waals surface area contributed by atoms with Gasteiger partial charge in [0.1, 0.15) is 23.4 Å². The molecule has 0 radical (unpaired) electrons. The second-order valence-corrected chi connectivity index (χ2v) is 10.5. The van der Waals surface area contributed by atoms with Crippen LogP contribution in [0.4, 0.5) is 11.5 Å². The average molecular weight is 541 g/mol. The van der Waals surface area contributed by atoms with E-state index in [0.717, 1.165) is 47.0 Å². The van der Waals surface area contributed by atoms with Crippen molar-refractivity contribution in [2.75, 3.05) is 30.4 Å². The number of carbonyl (C=O) groups excluding carboxylic acids is 1. The standard InChI is InChI=1S/C28H25ClN8O2/c1-28(2,15-30)17-5-6-31-23(10-17)26(38)34-18-3-4-22(29)20(11-18)21-9-16-12-33-27(35-19-13-39-14-19)36-24(16)37-8-7-32-25(21)37/h3-6,9-12,19,32H,7-8,13-14H2,1-2H3,(H,34,38). The highest BCUT2D eigenvalue weighted by Crippen LogP contribution is 2.40. The van der Waals surface area contributed by atoms with Crippen LogP contribution >= 0.6 is 11.6 Å². The van der Waals surface area contributed by atoms with E-state index in [-0.39, 0.29) is 17.6 Å². The van der Waals surface area contributed by atoms with Gasteiger partial charge in [-0.05, 0) is 55.8 Å². The third kappa shape index (κ3) is 4.71. The van der Waals surface area contributed by atoms with E-state index < -0.39 is 5.41 Å². The maximum atomic E-state index is 13.1. The summed E-state index contributed by atoms with van der Waals surface area (Å²) in [5.41, 5.74) is 3.70. The lowest BCUT2D eigenvalue weighted by atomic mass is 9.86. The summed E-state index contributed by atoms with van der Waals surface area (Å²) in [7, 11) is 0. The first kappa shape index (κ1) is 25.0. The maximum Gasteiger partial charge on any atom is 0.274 e. The zero-order valence-corrected chi connectivity index (χ0v) is 22.2. The molecule has 5 heterocycles. The van der Waals surface area contributed by atoms with Crippen LogP contribution in [-0.2, 0) is 16.7 Å². The molecule has 2 aromatic rings. The molecule has 0 unspecified atom stereocenters. The fraction of sp³-hybridized carbons (Fsp3) is 0.286. The maximum absolute atomic E-state index is 13.1. The van der Waals surface area contributed by atoms with Gasteiger partial charge in [-0.2, -0.15) is 10.2 Å². The third-order valence-electron chi connectivity index (χ3n) is 6.92. The lowest BCUT2D eigenvalue weighted by Crippen LogP contribution is -2.34. The fourth-order valence-electron chi connectivity index (χ4n) is 4.60. The fourth-order valence-corrected chi connectivity index (χ4v) is 4.82. The number of rotatable bonds is 5. The third-order valence-corrected chi connectivity index (χ3v) is 7.25. The molecule has 0 aliphatic carbocycles. The van der Waals surface area contributed by atoms with Crippen molar-refractivity contribution in [1.29, 1.82) is 5.26 Å². The van der Waals surface area contributed by atoms with Crippen LogP contribution in [0.1, 0.15) is 29.9 Å². The van der Waals surface area contributed by atoms with Crippen LogP contribution in [0.2, 0.25) is 5.02 Å². The van der Waals surface area contributed by atoms with E-state index in [1.807, 2.05) is 12.1 Å². The van der Waals surface area contributed by atoms with Crippen LogP contribution < -0.4 is 16.3 Å². The number of nitriles is 1. The second kappa shape index (κ2) is 9.76. The lowest BCUT2D eigenvalue weighted by Gasteiger charge is -2.21. The molecule has 1 amide bonds. The van der Waals surface area contributed by atoms with Gasteiger partial charge in [-0.15, -0.1) is 0 Å². The molecule has 0 bridgehead atoms. The van der Waals surface area contributed by atoms with Crippen molar-refractivity contribution < 1.29 is 9.53 Å². The van der Waals surface area contributed by atoms with Crippen molar-refractivity contribution in [3.05, 3.63) is 70.7 Å². The minimum Gasteiger partial charge on any atom is -0.377 e. The van der Waals surface area contributed by atoms with Crippen LogP contribution in [0.25, 0.3) is 22.5 Å². The van der Waals surface area contributed by atoms with Gasteiger partial charge in [-0.3, -0.25) is 9.78 Å². The van der Waals surface area contributed by atoms with Gasteiger partial charge in [-0.1, -0.05) is 11.6 Å². The van der Waals surface area contributed by atoms with Crippen molar-refractivity contribution in [3.8, 4) is 28.6 Å². The van der Waals surface area contributed by atoms with E-state index in [1.165, 1.54) is 0 Å². The number of aromatic nitrogens is 4. The second-order valence-electron chi connectivity index (χ2n) is 10.1. The van der Waals surface area contributed by atoms with Gasteiger partial charge in [0.15, 0.2) is 0 Å². The smallest absolute Gasteiger partial charge is 0.274 e. The minimum atomic E-state index is -0.739. The molecular weight excluding hydrogens is 516 g/mol. The van der Waals surface area contributed by atoms with Gasteiger partial charge < -0.3 is 19.9 Å². The first-order valence-corrected chi connectivity index (χ1v) is 13.0. The molecule has 4 aliphatic heterocycles. The Labute approximate surface area is 229 Å². The molecule has 0 atom stereocenters. The Morgan fingerprint density at radius 1 is 1.23 bits per heavy atom. The summed E-state index contributed by atoms with van der Waals surface area (Å²) in [6.45, 7) is 6.27. The van der Waals surface area contributed by atoms with Gasteiger partial charge in [0.05, 0.1) is 24.7 Å². The van der Waals surface area contributed by atoms with Gasteiger partial charge in [0.2, 0.25) is 5.62 Å². The molecular formula is C28H25ClN8O2. The highest BCUT2D eigenvalue weighted by molar-refractivity contribution is 6.33. The summed E-state index contributed by atoms with van der Waals surface area (Å²) in [6.07, 6.45) is 3.31. The largest absolute Gasteiger partial charge is 0.377 e. The Hall–Kier alpha value is -4.33. The molecule has 1 aromatic carbocycles. The Morgan fingerprint density at radius 3 is 2.85 bits per heavy atom. The molecule has 6 rings (SSSR count). The highest BCUT2D eigenvalue weighted by Gasteiger charge is 2.25. The van der Waals surface area contributed by atoms with E-state index in [4.69, 9.17) is 21.3 Å². The van der Waals surface area contributed by atoms with Crippen molar-refractivity contribution in [2.45, 2.75) is 31.8 Å². The number of fused-ring (bicyclic) bond motifs is 3. The lowest BCUT2D eigenvalue weighted by molar-refractivity contribution is 0.0112. The number of nitrogens with zero attached hydrogens (tertiary/aromatic N) is 6. The van der Waals surface area contributed by atoms with Crippen LogP contribution in [0.3, 0.4) is 0 Å². The monoisotopic (exact) mass is 540 g/mol. The Bertz CT molecular complexity index is 1690. The number of carbonyl (C=O) groups is 1. The summed E-state index contributed by atoms with van der Waals surface area (Å²) in [5, 5.41) is 16.4. The highest BCUT2D eigenvalue weighted by atomic mass is 35.5. The summed E-state index contributed by atoms with van der Waals surface area (Å²) in [6, 6.07) is 13.1. The Balaban J connectivity index is 1.35. The number of halogens is 1. The molecule has 0 saturated carbocycles. The zero-order valence-electron chi connectivity index (χ0n) is 21.4. The van der Waals surface area contributed by atoms with Crippen LogP contribution in [0, 0.1) is 11.3 Å². The van der Waals surface area contributed by atoms with Crippen molar-refractivity contribution >= 4 is 29.0 Å². The van der Waals surface area contributed by atoms with Crippen molar-refractivity contribution in [1.82, 2.24) is 19.5 Å². The number of hydrogen-bond donors (Lipinski definition) is 2. The van der Waals surface area contributed by atoms with Gasteiger partial charge in [-0.25, -0.2) is 9.98 Å². The molecule has 4 aliphatic rings. The zero-order chi connectivity index (χ0) is 27.1. The molecule has 0 spiro atoms. The van der Waals surface area contributed by atoms with E-state index in [9.17, 15) is 10.1 Å². The number of ether oxygens (including phenoxy) is 1. The van der Waals surface area contributed by atoms with Crippen molar-refractivity contribution in [2.24, 2.45) is 4.99 Å². The normalized spacial score (nSPS) is 15.4. The molecule has 2 N–H and O–H groups in total. The quantitative estimate of drug-likeness (QED) is 0.393. The number of benzene rings is 1. The molecule has 11 heteroatoms. The summed E-state index contributed by atoms with van der Waals surface area (Å²) >= 11 is 6.68. The number of nitrogens with one attached hydrogen (secondary N) is 2. The molecule has 1 aromatic heterocycles. The first-order valence-electron chi connectivity index (χ1n) is 12.6. The Kier molecular flexibility index (Phi) is 6.25. The number of anilines is 2. The molecule has 1 saturated heterocycles. The van der Waals surface area contributed by atoms with E-state index in [2.05, 4.69) is 36.2 Å². The number of amides is 1. The van der Waals surface area contributed by atoms with Crippen LogP contribution in [0.15, 0.2) is 53.8 Å². The molecule has 39 heavy (non-hydrogen) atoms. The van der Waals surface area contributed by atoms with Crippen LogP contribution in [-0.4, -0.2) is 51.2 Å². The number of pyridine rings is 2. The Morgan fingerprint density at radius 2 is 2.08 bits per heavy atom.